The van der Waals surface area contributed by atoms with Crippen LogP contribution in [0.3, 0.4) is 0 Å². The Kier molecular flexibility index (Phi) is 6.90. The number of alkyl halides is 3. The Morgan fingerprint density at radius 2 is 1.66 bits per heavy atom. The summed E-state index contributed by atoms with van der Waals surface area (Å²) in [6.07, 6.45) is -3.28. The van der Waals surface area contributed by atoms with Crippen molar-refractivity contribution in [3.63, 3.8) is 0 Å². The first-order valence-corrected chi connectivity index (χ1v) is 10.5. The maximum absolute atomic E-state index is 13.2. The van der Waals surface area contributed by atoms with Gasteiger partial charge in [0.25, 0.3) is 5.91 Å². The molecule has 2 amide bonds. The SMILES string of the molecule is CC(C)(C)c1noc(CCCC(=O)N2CCN(C(=O)c3ccccc3C(F)(F)F)CC2)n1. The molecule has 0 bridgehead atoms. The van der Waals surface area contributed by atoms with Crippen molar-refractivity contribution >= 4 is 11.8 Å². The zero-order chi connectivity index (χ0) is 23.5. The molecule has 0 unspecified atom stereocenters. The van der Waals surface area contributed by atoms with Crippen molar-refractivity contribution in [2.24, 2.45) is 0 Å². The van der Waals surface area contributed by atoms with E-state index < -0.39 is 17.6 Å². The van der Waals surface area contributed by atoms with E-state index in [-0.39, 0.29) is 49.5 Å². The van der Waals surface area contributed by atoms with Crippen LogP contribution in [0.2, 0.25) is 0 Å². The van der Waals surface area contributed by atoms with Gasteiger partial charge in [0.1, 0.15) is 0 Å². The molecule has 0 spiro atoms. The highest BCUT2D eigenvalue weighted by atomic mass is 19.4. The monoisotopic (exact) mass is 452 g/mol. The van der Waals surface area contributed by atoms with Gasteiger partial charge in [0.05, 0.1) is 11.1 Å². The van der Waals surface area contributed by atoms with Crippen LogP contribution in [0.15, 0.2) is 28.8 Å². The van der Waals surface area contributed by atoms with Gasteiger partial charge in [-0.25, -0.2) is 0 Å². The van der Waals surface area contributed by atoms with Crippen molar-refractivity contribution < 1.29 is 27.3 Å². The molecule has 1 aromatic heterocycles. The molecule has 0 saturated carbocycles. The van der Waals surface area contributed by atoms with Crippen LogP contribution < -0.4 is 0 Å². The number of amides is 2. The van der Waals surface area contributed by atoms with E-state index in [0.717, 1.165) is 6.07 Å². The molecular weight excluding hydrogens is 425 g/mol. The predicted molar refractivity (Wildman–Crippen MR) is 110 cm³/mol. The Hall–Kier alpha value is -2.91. The Morgan fingerprint density at radius 3 is 2.25 bits per heavy atom. The number of rotatable bonds is 5. The number of nitrogens with zero attached hydrogens (tertiary/aromatic N) is 4. The number of hydrogen-bond acceptors (Lipinski definition) is 5. The standard InChI is InChI=1S/C22H27F3N4O3/c1-21(2,3)20-26-17(32-27-20)9-6-10-18(30)28-11-13-29(14-12-28)19(31)15-7-4-5-8-16(15)22(23,24)25/h4-5,7-8H,6,9-14H2,1-3H3. The van der Waals surface area contributed by atoms with E-state index in [9.17, 15) is 22.8 Å². The molecule has 0 atom stereocenters. The quantitative estimate of drug-likeness (QED) is 0.691. The summed E-state index contributed by atoms with van der Waals surface area (Å²) in [4.78, 5) is 32.5. The fraction of sp³-hybridized carbons (Fsp3) is 0.545. The molecule has 1 aliphatic rings. The molecule has 0 radical (unpaired) electrons. The van der Waals surface area contributed by atoms with Crippen LogP contribution in [0.5, 0.6) is 0 Å². The third kappa shape index (κ3) is 5.66. The molecule has 1 fully saturated rings. The summed E-state index contributed by atoms with van der Waals surface area (Å²) in [6.45, 7) is 6.90. The number of carbonyl (C=O) groups is 2. The molecular formula is C22H27F3N4O3. The van der Waals surface area contributed by atoms with E-state index >= 15 is 0 Å². The van der Waals surface area contributed by atoms with E-state index in [1.54, 1.807) is 4.90 Å². The molecule has 0 N–H and O–H groups in total. The fourth-order valence-corrected chi connectivity index (χ4v) is 3.46. The average molecular weight is 452 g/mol. The highest BCUT2D eigenvalue weighted by Gasteiger charge is 2.36. The molecule has 1 aromatic carbocycles. The van der Waals surface area contributed by atoms with Crippen LogP contribution in [-0.2, 0) is 22.8 Å². The van der Waals surface area contributed by atoms with Gasteiger partial charge in [0, 0.05) is 44.4 Å². The van der Waals surface area contributed by atoms with Gasteiger partial charge in [0.2, 0.25) is 11.8 Å². The minimum Gasteiger partial charge on any atom is -0.339 e. The Balaban J connectivity index is 1.49. The Bertz CT molecular complexity index is 958. The summed E-state index contributed by atoms with van der Waals surface area (Å²) in [5.74, 6) is 0.368. The van der Waals surface area contributed by atoms with Crippen molar-refractivity contribution in [1.82, 2.24) is 19.9 Å². The molecule has 32 heavy (non-hydrogen) atoms. The molecule has 1 aliphatic heterocycles. The van der Waals surface area contributed by atoms with Gasteiger partial charge in [-0.05, 0) is 18.6 Å². The Labute approximate surface area is 184 Å². The maximum atomic E-state index is 13.2. The van der Waals surface area contributed by atoms with Gasteiger partial charge in [0.15, 0.2) is 5.82 Å². The third-order valence-corrected chi connectivity index (χ3v) is 5.30. The van der Waals surface area contributed by atoms with Crippen LogP contribution in [0, 0.1) is 0 Å². The summed E-state index contributed by atoms with van der Waals surface area (Å²) < 4.78 is 44.8. The fourth-order valence-electron chi connectivity index (χ4n) is 3.46. The first kappa shape index (κ1) is 23.7. The summed E-state index contributed by atoms with van der Waals surface area (Å²) in [5, 5.41) is 3.96. The summed E-state index contributed by atoms with van der Waals surface area (Å²) in [6, 6.07) is 4.76. The number of carbonyl (C=O) groups excluding carboxylic acids is 2. The first-order valence-electron chi connectivity index (χ1n) is 10.5. The number of aryl methyl sites for hydroxylation is 1. The average Bonchev–Trinajstić information content (AvgIpc) is 3.22. The van der Waals surface area contributed by atoms with Crippen LogP contribution in [0.1, 0.15) is 61.2 Å². The van der Waals surface area contributed by atoms with E-state index in [1.807, 2.05) is 20.8 Å². The maximum Gasteiger partial charge on any atom is 0.417 e. The van der Waals surface area contributed by atoms with Crippen molar-refractivity contribution in [2.75, 3.05) is 26.2 Å². The van der Waals surface area contributed by atoms with Crippen molar-refractivity contribution in [3.05, 3.63) is 47.1 Å². The number of halogens is 3. The smallest absolute Gasteiger partial charge is 0.339 e. The minimum absolute atomic E-state index is 0.0663. The lowest BCUT2D eigenvalue weighted by Crippen LogP contribution is -2.50. The second kappa shape index (κ2) is 9.30. The highest BCUT2D eigenvalue weighted by Crippen LogP contribution is 2.32. The lowest BCUT2D eigenvalue weighted by Gasteiger charge is -2.35. The van der Waals surface area contributed by atoms with Crippen LogP contribution in [-0.4, -0.2) is 57.9 Å². The van der Waals surface area contributed by atoms with Gasteiger partial charge in [-0.3, -0.25) is 9.59 Å². The van der Waals surface area contributed by atoms with Gasteiger partial charge in [-0.1, -0.05) is 38.1 Å². The van der Waals surface area contributed by atoms with Gasteiger partial charge >= 0.3 is 6.18 Å². The van der Waals surface area contributed by atoms with Crippen molar-refractivity contribution in [2.45, 2.75) is 51.6 Å². The van der Waals surface area contributed by atoms with Gasteiger partial charge in [-0.15, -0.1) is 0 Å². The van der Waals surface area contributed by atoms with Crippen LogP contribution in [0.25, 0.3) is 0 Å². The normalized spacial score (nSPS) is 15.2. The van der Waals surface area contributed by atoms with E-state index in [1.165, 1.54) is 23.1 Å². The zero-order valence-electron chi connectivity index (χ0n) is 18.4. The number of aromatic nitrogens is 2. The van der Waals surface area contributed by atoms with Crippen LogP contribution in [0.4, 0.5) is 13.2 Å². The number of piperazine rings is 1. The van der Waals surface area contributed by atoms with Gasteiger partial charge < -0.3 is 14.3 Å². The first-order chi connectivity index (χ1) is 15.0. The lowest BCUT2D eigenvalue weighted by atomic mass is 9.96. The molecule has 2 aromatic rings. The van der Waals surface area contributed by atoms with Crippen molar-refractivity contribution in [1.29, 1.82) is 0 Å². The topological polar surface area (TPSA) is 79.5 Å². The van der Waals surface area contributed by atoms with E-state index in [2.05, 4.69) is 10.1 Å². The highest BCUT2D eigenvalue weighted by molar-refractivity contribution is 5.96. The molecule has 7 nitrogen and oxygen atoms in total. The van der Waals surface area contributed by atoms with E-state index in [4.69, 9.17) is 4.52 Å². The molecule has 2 heterocycles. The lowest BCUT2D eigenvalue weighted by molar-refractivity contribution is -0.138. The Morgan fingerprint density at radius 1 is 1.03 bits per heavy atom. The largest absolute Gasteiger partial charge is 0.417 e. The van der Waals surface area contributed by atoms with Crippen molar-refractivity contribution in [3.8, 4) is 0 Å². The minimum atomic E-state index is -4.60. The summed E-state index contributed by atoms with van der Waals surface area (Å²) in [7, 11) is 0. The molecule has 3 rings (SSSR count). The molecule has 174 valence electrons. The van der Waals surface area contributed by atoms with E-state index in [0.29, 0.717) is 24.6 Å². The third-order valence-electron chi connectivity index (χ3n) is 5.30. The molecule has 0 aliphatic carbocycles. The number of hydrogen-bond donors (Lipinski definition) is 0. The summed E-state index contributed by atoms with van der Waals surface area (Å²) >= 11 is 0. The van der Waals surface area contributed by atoms with Crippen LogP contribution >= 0.6 is 0 Å². The second-order valence-corrected chi connectivity index (χ2v) is 8.83. The second-order valence-electron chi connectivity index (χ2n) is 8.83. The zero-order valence-corrected chi connectivity index (χ0v) is 18.4. The number of benzene rings is 1. The van der Waals surface area contributed by atoms with Gasteiger partial charge in [-0.2, -0.15) is 18.2 Å². The predicted octanol–water partition coefficient (Wildman–Crippen LogP) is 3.69. The summed E-state index contributed by atoms with van der Waals surface area (Å²) in [5.41, 5.74) is -1.52. The molecule has 1 saturated heterocycles. The molecule has 10 heteroatoms.